The molecule has 2 N–H and O–H groups in total. The van der Waals surface area contributed by atoms with E-state index in [1.165, 1.54) is 31.2 Å². The minimum absolute atomic E-state index is 0.512. The minimum atomic E-state index is 0.512. The maximum absolute atomic E-state index is 5.42. The maximum atomic E-state index is 5.42. The van der Waals surface area contributed by atoms with Crippen LogP contribution >= 0.6 is 28.1 Å². The predicted molar refractivity (Wildman–Crippen MR) is 89.7 cm³/mol. The molecule has 2 rings (SSSR count). The summed E-state index contributed by atoms with van der Waals surface area (Å²) in [6, 6.07) is 6.74. The molecule has 104 valence electrons. The van der Waals surface area contributed by atoms with E-state index in [4.69, 9.17) is 12.2 Å². The molecule has 4 heteroatoms. The first-order valence-corrected chi connectivity index (χ1v) is 8.10. The topological polar surface area (TPSA) is 24.1 Å². The van der Waals surface area contributed by atoms with E-state index >= 15 is 0 Å². The van der Waals surface area contributed by atoms with Crippen LogP contribution in [0, 0.1) is 12.8 Å². The molecule has 0 heterocycles. The van der Waals surface area contributed by atoms with E-state index in [0.29, 0.717) is 12.0 Å². The van der Waals surface area contributed by atoms with Crippen LogP contribution in [0.3, 0.4) is 0 Å². The monoisotopic (exact) mass is 340 g/mol. The smallest absolute Gasteiger partial charge is 0.171 e. The average molecular weight is 341 g/mol. The molecule has 0 amide bonds. The van der Waals surface area contributed by atoms with Gasteiger partial charge in [-0.3, -0.25) is 0 Å². The molecule has 2 unspecified atom stereocenters. The largest absolute Gasteiger partial charge is 0.359 e. The number of hydrogen-bond acceptors (Lipinski definition) is 1. The lowest BCUT2D eigenvalue weighted by Gasteiger charge is -2.30. The zero-order valence-electron chi connectivity index (χ0n) is 11.5. The third kappa shape index (κ3) is 4.18. The quantitative estimate of drug-likeness (QED) is 0.768. The third-order valence-corrected chi connectivity index (χ3v) is 4.68. The highest BCUT2D eigenvalue weighted by Gasteiger charge is 2.21. The van der Waals surface area contributed by atoms with Crippen LogP contribution in [0.15, 0.2) is 22.7 Å². The summed E-state index contributed by atoms with van der Waals surface area (Å²) >= 11 is 8.98. The standard InChI is InChI=1S/C15H21BrN2S/c1-10-7-8-14(12(16)9-10)18-15(19)17-13-6-4-3-5-11(13)2/h7-9,11,13H,3-6H2,1-2H3,(H2,17,18,19). The second kappa shape index (κ2) is 6.71. The van der Waals surface area contributed by atoms with Crippen molar-refractivity contribution in [3.05, 3.63) is 28.2 Å². The van der Waals surface area contributed by atoms with Crippen LogP contribution in [0.25, 0.3) is 0 Å². The second-order valence-electron chi connectivity index (χ2n) is 5.45. The number of rotatable bonds is 2. The van der Waals surface area contributed by atoms with Crippen molar-refractivity contribution >= 4 is 38.9 Å². The Bertz CT molecular complexity index is 461. The van der Waals surface area contributed by atoms with Gasteiger partial charge in [-0.15, -0.1) is 0 Å². The van der Waals surface area contributed by atoms with Crippen LogP contribution < -0.4 is 10.6 Å². The number of aryl methyl sites for hydroxylation is 1. The number of halogens is 1. The van der Waals surface area contributed by atoms with Gasteiger partial charge in [0.1, 0.15) is 0 Å². The molecule has 2 nitrogen and oxygen atoms in total. The van der Waals surface area contributed by atoms with Gasteiger partial charge in [0, 0.05) is 10.5 Å². The van der Waals surface area contributed by atoms with Crippen molar-refractivity contribution in [3.8, 4) is 0 Å². The number of nitrogens with one attached hydrogen (secondary N) is 2. The molecule has 0 saturated heterocycles. The molecule has 19 heavy (non-hydrogen) atoms. The average Bonchev–Trinajstić information content (AvgIpc) is 2.36. The summed E-state index contributed by atoms with van der Waals surface area (Å²) in [5, 5.41) is 7.46. The van der Waals surface area contributed by atoms with E-state index in [-0.39, 0.29) is 0 Å². The highest BCUT2D eigenvalue weighted by Crippen LogP contribution is 2.25. The molecule has 0 bridgehead atoms. The highest BCUT2D eigenvalue weighted by molar-refractivity contribution is 9.10. The van der Waals surface area contributed by atoms with Crippen LogP contribution in [0.5, 0.6) is 0 Å². The van der Waals surface area contributed by atoms with Crippen molar-refractivity contribution in [2.45, 2.75) is 45.6 Å². The molecule has 1 aromatic rings. The Balaban J connectivity index is 1.93. The van der Waals surface area contributed by atoms with Crippen LogP contribution in [0.2, 0.25) is 0 Å². The normalized spacial score (nSPS) is 22.9. The molecule has 0 aromatic heterocycles. The Morgan fingerprint density at radius 2 is 2.05 bits per heavy atom. The number of thiocarbonyl (C=S) groups is 1. The molecule has 1 fully saturated rings. The summed E-state index contributed by atoms with van der Waals surface area (Å²) in [6.45, 7) is 4.38. The first-order chi connectivity index (χ1) is 9.06. The molecule has 1 saturated carbocycles. The summed E-state index contributed by atoms with van der Waals surface area (Å²) < 4.78 is 1.05. The van der Waals surface area contributed by atoms with Crippen molar-refractivity contribution in [2.75, 3.05) is 5.32 Å². The Hall–Kier alpha value is -0.610. The van der Waals surface area contributed by atoms with Crippen LogP contribution in [-0.4, -0.2) is 11.2 Å². The first kappa shape index (κ1) is 14.8. The zero-order chi connectivity index (χ0) is 13.8. The van der Waals surface area contributed by atoms with Crippen LogP contribution in [0.1, 0.15) is 38.2 Å². The van der Waals surface area contributed by atoms with E-state index in [0.717, 1.165) is 15.3 Å². The lowest BCUT2D eigenvalue weighted by molar-refractivity contribution is 0.309. The molecule has 0 radical (unpaired) electrons. The molecular weight excluding hydrogens is 320 g/mol. The Morgan fingerprint density at radius 3 is 2.74 bits per heavy atom. The molecule has 1 aliphatic carbocycles. The molecule has 0 aliphatic heterocycles. The summed E-state index contributed by atoms with van der Waals surface area (Å²) in [6.07, 6.45) is 5.18. The highest BCUT2D eigenvalue weighted by atomic mass is 79.9. The fourth-order valence-corrected chi connectivity index (χ4v) is 3.43. The van der Waals surface area contributed by atoms with Gasteiger partial charge in [0.15, 0.2) is 5.11 Å². The number of anilines is 1. The van der Waals surface area contributed by atoms with Gasteiger partial charge < -0.3 is 10.6 Å². The molecule has 0 spiro atoms. The zero-order valence-corrected chi connectivity index (χ0v) is 13.9. The molecule has 1 aliphatic rings. The van der Waals surface area contributed by atoms with Gasteiger partial charge in [-0.1, -0.05) is 25.8 Å². The fraction of sp³-hybridized carbons (Fsp3) is 0.533. The lowest BCUT2D eigenvalue weighted by Crippen LogP contribution is -2.43. The minimum Gasteiger partial charge on any atom is -0.359 e. The van der Waals surface area contributed by atoms with Gasteiger partial charge >= 0.3 is 0 Å². The van der Waals surface area contributed by atoms with Crippen LogP contribution in [0.4, 0.5) is 5.69 Å². The van der Waals surface area contributed by atoms with Gasteiger partial charge in [0.05, 0.1) is 5.69 Å². The number of hydrogen-bond donors (Lipinski definition) is 2. The summed E-state index contributed by atoms with van der Waals surface area (Å²) in [7, 11) is 0. The fourth-order valence-electron chi connectivity index (χ4n) is 2.58. The van der Waals surface area contributed by atoms with E-state index in [9.17, 15) is 0 Å². The summed E-state index contributed by atoms with van der Waals surface area (Å²) in [4.78, 5) is 0. The van der Waals surface area contributed by atoms with Gasteiger partial charge in [0.2, 0.25) is 0 Å². The second-order valence-corrected chi connectivity index (χ2v) is 6.71. The van der Waals surface area contributed by atoms with E-state index in [1.807, 2.05) is 0 Å². The van der Waals surface area contributed by atoms with Crippen LogP contribution in [-0.2, 0) is 0 Å². The van der Waals surface area contributed by atoms with E-state index < -0.39 is 0 Å². The molecular formula is C15H21BrN2S. The summed E-state index contributed by atoms with van der Waals surface area (Å²) in [5.74, 6) is 0.704. The Labute approximate surface area is 129 Å². The Morgan fingerprint density at radius 1 is 1.32 bits per heavy atom. The van der Waals surface area contributed by atoms with Crippen molar-refractivity contribution in [2.24, 2.45) is 5.92 Å². The Kier molecular flexibility index (Phi) is 5.22. The molecule has 2 atom stereocenters. The van der Waals surface area contributed by atoms with Gasteiger partial charge in [0.25, 0.3) is 0 Å². The summed E-state index contributed by atoms with van der Waals surface area (Å²) in [5.41, 5.74) is 2.25. The van der Waals surface area contributed by atoms with Crippen molar-refractivity contribution in [3.63, 3.8) is 0 Å². The van der Waals surface area contributed by atoms with Crippen molar-refractivity contribution in [1.29, 1.82) is 0 Å². The third-order valence-electron chi connectivity index (χ3n) is 3.80. The first-order valence-electron chi connectivity index (χ1n) is 6.90. The predicted octanol–water partition coefficient (Wildman–Crippen LogP) is 4.62. The lowest BCUT2D eigenvalue weighted by atomic mass is 9.86. The number of benzene rings is 1. The van der Waals surface area contributed by atoms with Crippen molar-refractivity contribution in [1.82, 2.24) is 5.32 Å². The molecule has 1 aromatic carbocycles. The van der Waals surface area contributed by atoms with Crippen molar-refractivity contribution < 1.29 is 0 Å². The van der Waals surface area contributed by atoms with Gasteiger partial charge in [-0.2, -0.15) is 0 Å². The maximum Gasteiger partial charge on any atom is 0.171 e. The van der Waals surface area contributed by atoms with Gasteiger partial charge in [-0.05, 0) is 71.5 Å². The van der Waals surface area contributed by atoms with E-state index in [2.05, 4.69) is 58.6 Å². The SMILES string of the molecule is Cc1ccc(NC(=S)NC2CCCCC2C)c(Br)c1. The van der Waals surface area contributed by atoms with E-state index in [1.54, 1.807) is 0 Å². The van der Waals surface area contributed by atoms with Gasteiger partial charge in [-0.25, -0.2) is 0 Å².